The molecule has 1 aromatic carbocycles. The highest BCUT2D eigenvalue weighted by molar-refractivity contribution is 5.13. The first-order valence-corrected chi connectivity index (χ1v) is 6.71. The van der Waals surface area contributed by atoms with Crippen LogP contribution in [-0.4, -0.2) is 68.4 Å². The maximum atomic E-state index is 9.88. The zero-order chi connectivity index (χ0) is 14.1. The number of hydrogen-bond donors (Lipinski definition) is 1. The zero-order valence-electron chi connectivity index (χ0n) is 12.2. The van der Waals surface area contributed by atoms with Crippen molar-refractivity contribution >= 4 is 0 Å². The van der Waals surface area contributed by atoms with Crippen molar-refractivity contribution in [2.75, 3.05) is 47.4 Å². The van der Waals surface area contributed by atoms with Crippen LogP contribution in [0.3, 0.4) is 0 Å². The molecule has 1 rings (SSSR count). The van der Waals surface area contributed by atoms with Crippen LogP contribution in [0.4, 0.5) is 0 Å². The summed E-state index contributed by atoms with van der Waals surface area (Å²) in [6.07, 6.45) is -0.434. The Hall–Kier alpha value is -0.940. The third kappa shape index (κ3) is 7.95. The number of rotatable bonds is 9. The van der Waals surface area contributed by atoms with E-state index in [9.17, 15) is 5.11 Å². The second kappa shape index (κ2) is 9.04. The average molecular weight is 266 g/mol. The lowest BCUT2D eigenvalue weighted by Gasteiger charge is -2.22. The average Bonchev–Trinajstić information content (AvgIpc) is 2.37. The van der Waals surface area contributed by atoms with Gasteiger partial charge in [-0.2, -0.15) is 0 Å². The molecule has 1 aromatic rings. The van der Waals surface area contributed by atoms with Gasteiger partial charge in [-0.3, -0.25) is 0 Å². The maximum absolute atomic E-state index is 9.88. The van der Waals surface area contributed by atoms with E-state index in [1.165, 1.54) is 0 Å². The molecule has 1 N–H and O–H groups in total. The molecule has 0 aliphatic carbocycles. The molecule has 0 aliphatic rings. The Morgan fingerprint density at radius 3 is 2.42 bits per heavy atom. The highest BCUT2D eigenvalue weighted by Crippen LogP contribution is 2.01. The Balaban J connectivity index is 2.12. The molecule has 0 saturated carbocycles. The second-order valence-corrected chi connectivity index (χ2v) is 5.22. The van der Waals surface area contributed by atoms with Crippen LogP contribution in [0.2, 0.25) is 0 Å². The van der Waals surface area contributed by atoms with Crippen LogP contribution in [-0.2, 0) is 11.3 Å². The summed E-state index contributed by atoms with van der Waals surface area (Å²) >= 11 is 0. The van der Waals surface area contributed by atoms with Crippen LogP contribution in [0.5, 0.6) is 0 Å². The minimum absolute atomic E-state index is 0.376. The SMILES string of the molecule is CN(C)CCN(C)CC(O)COCc1ccccc1. The number of likely N-dealkylation sites (N-methyl/N-ethyl adjacent to an activating group) is 2. The van der Waals surface area contributed by atoms with Crippen LogP contribution in [0.25, 0.3) is 0 Å². The van der Waals surface area contributed by atoms with E-state index in [1.54, 1.807) is 0 Å². The Kier molecular flexibility index (Phi) is 7.67. The molecular formula is C15H26N2O2. The lowest BCUT2D eigenvalue weighted by molar-refractivity contribution is 0.0131. The third-order valence-electron chi connectivity index (χ3n) is 2.87. The summed E-state index contributed by atoms with van der Waals surface area (Å²) in [5.41, 5.74) is 1.13. The van der Waals surface area contributed by atoms with E-state index < -0.39 is 6.10 Å². The topological polar surface area (TPSA) is 35.9 Å². The molecule has 0 bridgehead atoms. The number of ether oxygens (including phenoxy) is 1. The molecule has 0 radical (unpaired) electrons. The van der Waals surface area contributed by atoms with Crippen molar-refractivity contribution in [2.24, 2.45) is 0 Å². The van der Waals surface area contributed by atoms with Gasteiger partial charge >= 0.3 is 0 Å². The number of aliphatic hydroxyl groups is 1. The van der Waals surface area contributed by atoms with E-state index in [-0.39, 0.29) is 0 Å². The fourth-order valence-corrected chi connectivity index (χ4v) is 1.76. The smallest absolute Gasteiger partial charge is 0.0900 e. The van der Waals surface area contributed by atoms with Crippen molar-refractivity contribution in [3.05, 3.63) is 35.9 Å². The molecule has 0 spiro atoms. The first-order chi connectivity index (χ1) is 9.08. The van der Waals surface area contributed by atoms with Crippen LogP contribution in [0.1, 0.15) is 5.56 Å². The van der Waals surface area contributed by atoms with Crippen LogP contribution >= 0.6 is 0 Å². The van der Waals surface area contributed by atoms with E-state index in [1.807, 2.05) is 51.5 Å². The fraction of sp³-hybridized carbons (Fsp3) is 0.600. The normalized spacial score (nSPS) is 13.2. The minimum atomic E-state index is -0.434. The van der Waals surface area contributed by atoms with Crippen molar-refractivity contribution in [2.45, 2.75) is 12.7 Å². The van der Waals surface area contributed by atoms with Gasteiger partial charge < -0.3 is 19.6 Å². The van der Waals surface area contributed by atoms with Gasteiger partial charge in [0.05, 0.1) is 19.3 Å². The standard InChI is InChI=1S/C15H26N2O2/c1-16(2)9-10-17(3)11-15(18)13-19-12-14-7-5-4-6-8-14/h4-8,15,18H,9-13H2,1-3H3. The van der Waals surface area contributed by atoms with Gasteiger partial charge in [0.15, 0.2) is 0 Å². The molecule has 19 heavy (non-hydrogen) atoms. The van der Waals surface area contributed by atoms with Crippen molar-refractivity contribution in [1.29, 1.82) is 0 Å². The summed E-state index contributed by atoms with van der Waals surface area (Å²) in [5, 5.41) is 9.88. The summed E-state index contributed by atoms with van der Waals surface area (Å²) in [4.78, 5) is 4.26. The minimum Gasteiger partial charge on any atom is -0.389 e. The highest BCUT2D eigenvalue weighted by atomic mass is 16.5. The monoisotopic (exact) mass is 266 g/mol. The molecule has 1 unspecified atom stereocenters. The van der Waals surface area contributed by atoms with Gasteiger partial charge in [0.1, 0.15) is 0 Å². The summed E-state index contributed by atoms with van der Waals surface area (Å²) in [7, 11) is 6.12. The Labute approximate surface area is 116 Å². The number of nitrogens with zero attached hydrogens (tertiary/aromatic N) is 2. The molecule has 108 valence electrons. The Morgan fingerprint density at radius 1 is 1.11 bits per heavy atom. The van der Waals surface area contributed by atoms with Gasteiger partial charge in [0.2, 0.25) is 0 Å². The van der Waals surface area contributed by atoms with Crippen molar-refractivity contribution < 1.29 is 9.84 Å². The van der Waals surface area contributed by atoms with E-state index in [0.717, 1.165) is 18.7 Å². The van der Waals surface area contributed by atoms with Gasteiger partial charge in [-0.25, -0.2) is 0 Å². The van der Waals surface area contributed by atoms with E-state index in [2.05, 4.69) is 9.80 Å². The molecule has 4 nitrogen and oxygen atoms in total. The summed E-state index contributed by atoms with van der Waals surface area (Å²) < 4.78 is 5.52. The fourth-order valence-electron chi connectivity index (χ4n) is 1.76. The first kappa shape index (κ1) is 16.1. The summed E-state index contributed by atoms with van der Waals surface area (Å²) in [6, 6.07) is 10.0. The second-order valence-electron chi connectivity index (χ2n) is 5.22. The molecule has 0 heterocycles. The van der Waals surface area contributed by atoms with E-state index in [4.69, 9.17) is 4.74 Å². The quantitative estimate of drug-likeness (QED) is 0.725. The first-order valence-electron chi connectivity index (χ1n) is 6.71. The number of benzene rings is 1. The van der Waals surface area contributed by atoms with Gasteiger partial charge in [-0.05, 0) is 26.7 Å². The largest absolute Gasteiger partial charge is 0.389 e. The van der Waals surface area contributed by atoms with Crippen LogP contribution < -0.4 is 0 Å². The summed E-state index contributed by atoms with van der Waals surface area (Å²) in [5.74, 6) is 0. The number of hydrogen-bond acceptors (Lipinski definition) is 4. The van der Waals surface area contributed by atoms with Gasteiger partial charge in [-0.15, -0.1) is 0 Å². The lowest BCUT2D eigenvalue weighted by atomic mass is 10.2. The van der Waals surface area contributed by atoms with Crippen LogP contribution in [0.15, 0.2) is 30.3 Å². The van der Waals surface area contributed by atoms with Crippen LogP contribution in [0, 0.1) is 0 Å². The highest BCUT2D eigenvalue weighted by Gasteiger charge is 2.08. The van der Waals surface area contributed by atoms with Crippen molar-refractivity contribution in [3.8, 4) is 0 Å². The molecule has 0 amide bonds. The van der Waals surface area contributed by atoms with E-state index >= 15 is 0 Å². The molecule has 0 aromatic heterocycles. The van der Waals surface area contributed by atoms with Crippen molar-refractivity contribution in [3.63, 3.8) is 0 Å². The predicted molar refractivity (Wildman–Crippen MR) is 78.2 cm³/mol. The molecule has 0 aliphatic heterocycles. The number of aliphatic hydroxyl groups excluding tert-OH is 1. The lowest BCUT2D eigenvalue weighted by Crippen LogP contribution is -2.36. The summed E-state index contributed by atoms with van der Waals surface area (Å²) in [6.45, 7) is 3.51. The van der Waals surface area contributed by atoms with Gasteiger partial charge in [0, 0.05) is 19.6 Å². The van der Waals surface area contributed by atoms with Gasteiger partial charge in [-0.1, -0.05) is 30.3 Å². The molecule has 0 fully saturated rings. The van der Waals surface area contributed by atoms with Crippen molar-refractivity contribution in [1.82, 2.24) is 9.80 Å². The maximum Gasteiger partial charge on any atom is 0.0900 e. The third-order valence-corrected chi connectivity index (χ3v) is 2.87. The molecule has 1 atom stereocenters. The molecule has 0 saturated heterocycles. The molecule has 4 heteroatoms. The predicted octanol–water partition coefficient (Wildman–Crippen LogP) is 1.06. The van der Waals surface area contributed by atoms with Gasteiger partial charge in [0.25, 0.3) is 0 Å². The van der Waals surface area contributed by atoms with E-state index in [0.29, 0.717) is 19.8 Å². The zero-order valence-corrected chi connectivity index (χ0v) is 12.2. The Bertz CT molecular complexity index is 330. The Morgan fingerprint density at radius 2 is 1.79 bits per heavy atom. The molecular weight excluding hydrogens is 240 g/mol.